The number of methoxy groups -OCH3 is 1. The third-order valence-electron chi connectivity index (χ3n) is 3.75. The summed E-state index contributed by atoms with van der Waals surface area (Å²) in [6.07, 6.45) is 1.68. The summed E-state index contributed by atoms with van der Waals surface area (Å²) >= 11 is 0. The molecule has 3 aromatic carbocycles. The van der Waals surface area contributed by atoms with Gasteiger partial charge in [-0.2, -0.15) is 0 Å². The highest BCUT2D eigenvalue weighted by atomic mass is 16.5. The van der Waals surface area contributed by atoms with Gasteiger partial charge in [-0.25, -0.2) is 4.79 Å². The highest BCUT2D eigenvalue weighted by Crippen LogP contribution is 2.31. The van der Waals surface area contributed by atoms with Gasteiger partial charge in [0, 0.05) is 5.56 Å². The van der Waals surface area contributed by atoms with Crippen molar-refractivity contribution in [3.8, 4) is 5.75 Å². The zero-order valence-electron chi connectivity index (χ0n) is 12.7. The summed E-state index contributed by atoms with van der Waals surface area (Å²) in [5, 5.41) is 11.6. The van der Waals surface area contributed by atoms with Crippen LogP contribution in [0, 0.1) is 0 Å². The Morgan fingerprint density at radius 2 is 1.65 bits per heavy atom. The molecular formula is C20H16O3. The van der Waals surface area contributed by atoms with Crippen molar-refractivity contribution in [3.63, 3.8) is 0 Å². The van der Waals surface area contributed by atoms with Gasteiger partial charge >= 0.3 is 5.97 Å². The van der Waals surface area contributed by atoms with Crippen LogP contribution in [0.4, 0.5) is 0 Å². The minimum atomic E-state index is -0.966. The van der Waals surface area contributed by atoms with Crippen LogP contribution in [-0.4, -0.2) is 18.2 Å². The number of benzene rings is 3. The Hall–Kier alpha value is -3.07. The van der Waals surface area contributed by atoms with Crippen molar-refractivity contribution in [2.75, 3.05) is 7.11 Å². The molecule has 0 amide bonds. The molecule has 0 heterocycles. The van der Waals surface area contributed by atoms with E-state index >= 15 is 0 Å². The van der Waals surface area contributed by atoms with Gasteiger partial charge in [-0.05, 0) is 28.5 Å². The minimum Gasteiger partial charge on any atom is -0.496 e. The number of hydrogen-bond acceptors (Lipinski definition) is 2. The third kappa shape index (κ3) is 2.94. The number of hydrogen-bond donors (Lipinski definition) is 1. The summed E-state index contributed by atoms with van der Waals surface area (Å²) in [5.74, 6) is -0.315. The van der Waals surface area contributed by atoms with Crippen molar-refractivity contribution in [2.45, 2.75) is 0 Å². The first kappa shape index (κ1) is 14.9. The SMILES string of the molecule is COc1ccc2ccccc2c1/C=C(/C(=O)O)c1ccccc1. The lowest BCUT2D eigenvalue weighted by atomic mass is 9.98. The Morgan fingerprint density at radius 1 is 0.957 bits per heavy atom. The van der Waals surface area contributed by atoms with Crippen LogP contribution in [0.15, 0.2) is 66.7 Å². The fourth-order valence-electron chi connectivity index (χ4n) is 2.63. The lowest BCUT2D eigenvalue weighted by Crippen LogP contribution is -2.00. The van der Waals surface area contributed by atoms with Crippen molar-refractivity contribution < 1.29 is 14.6 Å². The standard InChI is InChI=1S/C20H16O3/c1-23-19-12-11-15-9-5-6-10-16(15)18(19)13-17(20(21)22)14-7-3-2-4-8-14/h2-13H,1H3,(H,21,22)/b17-13+. The predicted molar refractivity (Wildman–Crippen MR) is 92.4 cm³/mol. The van der Waals surface area contributed by atoms with Crippen LogP contribution in [0.25, 0.3) is 22.4 Å². The number of carboxylic acids is 1. The van der Waals surface area contributed by atoms with E-state index in [9.17, 15) is 9.90 Å². The van der Waals surface area contributed by atoms with E-state index in [1.807, 2.05) is 54.6 Å². The van der Waals surface area contributed by atoms with Gasteiger partial charge < -0.3 is 9.84 Å². The van der Waals surface area contributed by atoms with E-state index in [2.05, 4.69) is 0 Å². The van der Waals surface area contributed by atoms with Gasteiger partial charge in [-0.3, -0.25) is 0 Å². The van der Waals surface area contributed by atoms with Crippen LogP contribution in [-0.2, 0) is 4.79 Å². The van der Waals surface area contributed by atoms with Gasteiger partial charge in [0.25, 0.3) is 0 Å². The smallest absolute Gasteiger partial charge is 0.336 e. The van der Waals surface area contributed by atoms with Crippen molar-refractivity contribution in [3.05, 3.63) is 77.9 Å². The van der Waals surface area contributed by atoms with Gasteiger partial charge in [0.2, 0.25) is 0 Å². The second-order valence-corrected chi connectivity index (χ2v) is 5.13. The molecule has 1 N–H and O–H groups in total. The monoisotopic (exact) mass is 304 g/mol. The van der Waals surface area contributed by atoms with Crippen LogP contribution in [0.3, 0.4) is 0 Å². The first-order chi connectivity index (χ1) is 11.2. The van der Waals surface area contributed by atoms with E-state index in [0.717, 1.165) is 16.3 Å². The lowest BCUT2D eigenvalue weighted by molar-refractivity contribution is -0.130. The summed E-state index contributed by atoms with van der Waals surface area (Å²) in [7, 11) is 1.59. The van der Waals surface area contributed by atoms with Crippen LogP contribution < -0.4 is 4.74 Å². The zero-order chi connectivity index (χ0) is 16.2. The second kappa shape index (κ2) is 6.36. The van der Waals surface area contributed by atoms with Gasteiger partial charge in [0.05, 0.1) is 12.7 Å². The minimum absolute atomic E-state index is 0.236. The normalized spacial score (nSPS) is 11.4. The zero-order valence-corrected chi connectivity index (χ0v) is 12.7. The maximum absolute atomic E-state index is 11.7. The summed E-state index contributed by atoms with van der Waals surface area (Å²) < 4.78 is 5.43. The van der Waals surface area contributed by atoms with Crippen molar-refractivity contribution in [1.82, 2.24) is 0 Å². The Kier molecular flexibility index (Phi) is 4.11. The Bertz CT molecular complexity index is 880. The lowest BCUT2D eigenvalue weighted by Gasteiger charge is -2.10. The highest BCUT2D eigenvalue weighted by Gasteiger charge is 2.13. The maximum atomic E-state index is 11.7. The third-order valence-corrected chi connectivity index (χ3v) is 3.75. The van der Waals surface area contributed by atoms with E-state index in [4.69, 9.17) is 4.74 Å². The van der Waals surface area contributed by atoms with Crippen molar-refractivity contribution in [1.29, 1.82) is 0 Å². The summed E-state index contributed by atoms with van der Waals surface area (Å²) in [6.45, 7) is 0. The Labute approximate surface area is 134 Å². The Morgan fingerprint density at radius 3 is 2.35 bits per heavy atom. The molecule has 23 heavy (non-hydrogen) atoms. The number of carbonyl (C=O) groups is 1. The summed E-state index contributed by atoms with van der Waals surface area (Å²) in [5.41, 5.74) is 1.67. The summed E-state index contributed by atoms with van der Waals surface area (Å²) in [4.78, 5) is 11.7. The molecule has 0 atom stereocenters. The maximum Gasteiger partial charge on any atom is 0.336 e. The van der Waals surface area contributed by atoms with E-state index in [-0.39, 0.29) is 5.57 Å². The number of ether oxygens (including phenoxy) is 1. The van der Waals surface area contributed by atoms with Gasteiger partial charge in [0.1, 0.15) is 5.75 Å². The highest BCUT2D eigenvalue weighted by molar-refractivity contribution is 6.21. The van der Waals surface area contributed by atoms with Gasteiger partial charge in [0.15, 0.2) is 0 Å². The quantitative estimate of drug-likeness (QED) is 0.571. The molecule has 0 aliphatic heterocycles. The molecule has 0 bridgehead atoms. The molecule has 0 aromatic heterocycles. The van der Waals surface area contributed by atoms with E-state index < -0.39 is 5.97 Å². The van der Waals surface area contributed by atoms with Gasteiger partial charge in [-0.15, -0.1) is 0 Å². The molecule has 3 rings (SSSR count). The molecule has 0 saturated heterocycles. The average Bonchev–Trinajstić information content (AvgIpc) is 2.59. The second-order valence-electron chi connectivity index (χ2n) is 5.13. The first-order valence-electron chi connectivity index (χ1n) is 7.27. The van der Waals surface area contributed by atoms with Crippen LogP contribution >= 0.6 is 0 Å². The molecule has 0 radical (unpaired) electrons. The molecule has 0 aliphatic rings. The molecule has 114 valence electrons. The molecular weight excluding hydrogens is 288 g/mol. The number of carboxylic acid groups (broad SMARTS) is 1. The van der Waals surface area contributed by atoms with E-state index in [1.165, 1.54) is 0 Å². The first-order valence-corrected chi connectivity index (χ1v) is 7.27. The largest absolute Gasteiger partial charge is 0.496 e. The van der Waals surface area contributed by atoms with Crippen LogP contribution in [0.1, 0.15) is 11.1 Å². The number of rotatable bonds is 4. The molecule has 0 spiro atoms. The fourth-order valence-corrected chi connectivity index (χ4v) is 2.63. The van der Waals surface area contributed by atoms with Crippen molar-refractivity contribution >= 4 is 28.4 Å². The molecule has 0 unspecified atom stereocenters. The molecule has 0 saturated carbocycles. The van der Waals surface area contributed by atoms with Crippen LogP contribution in [0.5, 0.6) is 5.75 Å². The molecule has 3 nitrogen and oxygen atoms in total. The molecule has 3 aromatic rings. The van der Waals surface area contributed by atoms with Crippen LogP contribution in [0.2, 0.25) is 0 Å². The molecule has 0 fully saturated rings. The fraction of sp³-hybridized carbons (Fsp3) is 0.0500. The molecule has 0 aliphatic carbocycles. The average molecular weight is 304 g/mol. The molecule has 3 heteroatoms. The Balaban J connectivity index is 2.27. The van der Waals surface area contributed by atoms with Crippen molar-refractivity contribution in [2.24, 2.45) is 0 Å². The topological polar surface area (TPSA) is 46.5 Å². The van der Waals surface area contributed by atoms with Gasteiger partial charge in [-0.1, -0.05) is 60.7 Å². The van der Waals surface area contributed by atoms with E-state index in [0.29, 0.717) is 11.3 Å². The number of fused-ring (bicyclic) bond motifs is 1. The van der Waals surface area contributed by atoms with E-state index in [1.54, 1.807) is 25.3 Å². The summed E-state index contributed by atoms with van der Waals surface area (Å²) in [6, 6.07) is 20.8. The predicted octanol–water partition coefficient (Wildman–Crippen LogP) is 4.47. The number of aliphatic carboxylic acids is 1.